The lowest BCUT2D eigenvalue weighted by Gasteiger charge is -2.12. The number of methoxy groups -OCH3 is 3. The summed E-state index contributed by atoms with van der Waals surface area (Å²) in [5.74, 6) is 7.86. The molecule has 0 radical (unpaired) electrons. The first kappa shape index (κ1) is 15.1. The summed E-state index contributed by atoms with van der Waals surface area (Å²) in [6.07, 6.45) is 0. The molecule has 0 spiro atoms. The number of hydrazine groups is 1. The van der Waals surface area contributed by atoms with E-state index in [-0.39, 0.29) is 0 Å². The number of rotatable bonds is 6. The van der Waals surface area contributed by atoms with Gasteiger partial charge in [0.1, 0.15) is 0 Å². The third-order valence-corrected chi connectivity index (χ3v) is 2.76. The Morgan fingerprint density at radius 3 is 2.19 bits per heavy atom. The topological polar surface area (TPSA) is 95.9 Å². The number of aromatic nitrogens is 2. The zero-order chi connectivity index (χ0) is 15.4. The van der Waals surface area contributed by atoms with Gasteiger partial charge in [0.2, 0.25) is 17.5 Å². The molecule has 1 aromatic carbocycles. The third kappa shape index (κ3) is 3.23. The highest BCUT2D eigenvalue weighted by Gasteiger charge is 2.17. The SMILES string of the molecule is COc1cc(-c2nnc(CN(C)N)o2)cc(OC)c1OC. The summed E-state index contributed by atoms with van der Waals surface area (Å²) in [7, 11) is 6.35. The molecule has 8 nitrogen and oxygen atoms in total. The van der Waals surface area contributed by atoms with Crippen molar-refractivity contribution in [1.29, 1.82) is 0 Å². The van der Waals surface area contributed by atoms with Gasteiger partial charge >= 0.3 is 0 Å². The van der Waals surface area contributed by atoms with E-state index in [0.717, 1.165) is 0 Å². The van der Waals surface area contributed by atoms with Crippen molar-refractivity contribution >= 4 is 0 Å². The standard InChI is InChI=1S/C13H18N4O4/c1-17(14)7-11-15-16-13(21-11)8-5-9(18-2)12(20-4)10(6-8)19-3/h5-6H,7,14H2,1-4H3. The Morgan fingerprint density at radius 1 is 1.10 bits per heavy atom. The van der Waals surface area contributed by atoms with Gasteiger partial charge in [0, 0.05) is 12.6 Å². The van der Waals surface area contributed by atoms with Crippen LogP contribution in [0.15, 0.2) is 16.5 Å². The number of ether oxygens (including phenoxy) is 3. The van der Waals surface area contributed by atoms with E-state index in [1.807, 2.05) is 0 Å². The van der Waals surface area contributed by atoms with Crippen LogP contribution in [0.4, 0.5) is 0 Å². The van der Waals surface area contributed by atoms with Gasteiger partial charge in [-0.25, -0.2) is 5.01 Å². The number of nitrogens with two attached hydrogens (primary N) is 1. The lowest BCUT2D eigenvalue weighted by Crippen LogP contribution is -2.25. The van der Waals surface area contributed by atoms with Gasteiger partial charge in [0.05, 0.1) is 27.9 Å². The predicted molar refractivity (Wildman–Crippen MR) is 75.0 cm³/mol. The summed E-state index contributed by atoms with van der Waals surface area (Å²) >= 11 is 0. The Bertz CT molecular complexity index is 587. The quantitative estimate of drug-likeness (QED) is 0.624. The Morgan fingerprint density at radius 2 is 1.71 bits per heavy atom. The second kappa shape index (κ2) is 6.42. The Labute approximate surface area is 122 Å². The summed E-state index contributed by atoms with van der Waals surface area (Å²) in [5.41, 5.74) is 0.669. The van der Waals surface area contributed by atoms with E-state index in [1.165, 1.54) is 5.01 Å². The molecule has 2 N–H and O–H groups in total. The lowest BCUT2D eigenvalue weighted by molar-refractivity contribution is 0.299. The summed E-state index contributed by atoms with van der Waals surface area (Å²) in [6, 6.07) is 3.48. The van der Waals surface area contributed by atoms with Gasteiger partial charge in [-0.05, 0) is 12.1 Å². The van der Waals surface area contributed by atoms with Crippen molar-refractivity contribution in [1.82, 2.24) is 15.2 Å². The van der Waals surface area contributed by atoms with Gasteiger partial charge < -0.3 is 18.6 Å². The molecule has 8 heteroatoms. The van der Waals surface area contributed by atoms with Crippen LogP contribution >= 0.6 is 0 Å². The molecule has 0 aliphatic rings. The van der Waals surface area contributed by atoms with Crippen molar-refractivity contribution in [3.63, 3.8) is 0 Å². The second-order valence-electron chi connectivity index (χ2n) is 4.33. The van der Waals surface area contributed by atoms with Crippen molar-refractivity contribution in [2.24, 2.45) is 5.84 Å². The van der Waals surface area contributed by atoms with Gasteiger partial charge in [0.25, 0.3) is 0 Å². The highest BCUT2D eigenvalue weighted by atomic mass is 16.5. The maximum Gasteiger partial charge on any atom is 0.248 e. The first-order chi connectivity index (χ1) is 10.1. The summed E-state index contributed by atoms with van der Waals surface area (Å²) < 4.78 is 21.4. The minimum absolute atomic E-state index is 0.353. The number of hydrogen-bond acceptors (Lipinski definition) is 8. The van der Waals surface area contributed by atoms with Gasteiger partial charge in [-0.15, -0.1) is 10.2 Å². The molecule has 0 unspecified atom stereocenters. The van der Waals surface area contributed by atoms with Gasteiger partial charge in [0.15, 0.2) is 11.5 Å². The van der Waals surface area contributed by atoms with Crippen LogP contribution in [0.5, 0.6) is 17.2 Å². The van der Waals surface area contributed by atoms with E-state index in [4.69, 9.17) is 24.5 Å². The Kier molecular flexibility index (Phi) is 4.61. The van der Waals surface area contributed by atoms with E-state index in [0.29, 0.717) is 41.1 Å². The van der Waals surface area contributed by atoms with Gasteiger partial charge in [-0.3, -0.25) is 5.84 Å². The minimum Gasteiger partial charge on any atom is -0.493 e. The summed E-state index contributed by atoms with van der Waals surface area (Å²) in [6.45, 7) is 0.359. The fraction of sp³-hybridized carbons (Fsp3) is 0.385. The molecule has 0 saturated carbocycles. The van der Waals surface area contributed by atoms with Gasteiger partial charge in [-0.1, -0.05) is 0 Å². The van der Waals surface area contributed by atoms with Crippen LogP contribution < -0.4 is 20.1 Å². The third-order valence-electron chi connectivity index (χ3n) is 2.76. The lowest BCUT2D eigenvalue weighted by atomic mass is 10.2. The molecule has 1 heterocycles. The summed E-state index contributed by atoms with van der Waals surface area (Å²) in [4.78, 5) is 0. The van der Waals surface area contributed by atoms with Crippen LogP contribution in [0.2, 0.25) is 0 Å². The largest absolute Gasteiger partial charge is 0.493 e. The van der Waals surface area contributed by atoms with E-state index in [9.17, 15) is 0 Å². The van der Waals surface area contributed by atoms with Crippen molar-refractivity contribution in [3.05, 3.63) is 18.0 Å². The zero-order valence-corrected chi connectivity index (χ0v) is 12.4. The molecule has 0 saturated heterocycles. The fourth-order valence-electron chi connectivity index (χ4n) is 1.85. The van der Waals surface area contributed by atoms with Crippen LogP contribution in [0, 0.1) is 0 Å². The van der Waals surface area contributed by atoms with Crippen LogP contribution in [-0.2, 0) is 6.54 Å². The van der Waals surface area contributed by atoms with Crippen LogP contribution in [0.1, 0.15) is 5.89 Å². The fourth-order valence-corrected chi connectivity index (χ4v) is 1.85. The van der Waals surface area contributed by atoms with Crippen molar-refractivity contribution in [2.45, 2.75) is 6.54 Å². The monoisotopic (exact) mass is 294 g/mol. The predicted octanol–water partition coefficient (Wildman–Crippen LogP) is 1.07. The molecule has 21 heavy (non-hydrogen) atoms. The smallest absolute Gasteiger partial charge is 0.248 e. The van der Waals surface area contributed by atoms with Crippen molar-refractivity contribution < 1.29 is 18.6 Å². The number of hydrogen-bond donors (Lipinski definition) is 1. The average molecular weight is 294 g/mol. The molecule has 0 aliphatic carbocycles. The normalized spacial score (nSPS) is 10.8. The zero-order valence-electron chi connectivity index (χ0n) is 12.4. The van der Waals surface area contributed by atoms with Crippen LogP contribution in [-0.4, -0.2) is 43.6 Å². The Hall–Kier alpha value is -2.32. The Balaban J connectivity index is 2.41. The molecule has 0 fully saturated rings. The highest BCUT2D eigenvalue weighted by molar-refractivity contribution is 5.65. The second-order valence-corrected chi connectivity index (χ2v) is 4.33. The molecule has 0 amide bonds. The number of benzene rings is 1. The van der Waals surface area contributed by atoms with Crippen LogP contribution in [0.3, 0.4) is 0 Å². The molecule has 2 rings (SSSR count). The molecule has 114 valence electrons. The molecular weight excluding hydrogens is 276 g/mol. The molecule has 0 atom stereocenters. The first-order valence-electron chi connectivity index (χ1n) is 6.17. The molecular formula is C13H18N4O4. The molecule has 2 aromatic rings. The van der Waals surface area contributed by atoms with Gasteiger partial charge in [-0.2, -0.15) is 0 Å². The maximum atomic E-state index is 5.56. The first-order valence-corrected chi connectivity index (χ1v) is 6.17. The average Bonchev–Trinajstić information content (AvgIpc) is 2.93. The molecule has 0 bridgehead atoms. The van der Waals surface area contributed by atoms with E-state index in [2.05, 4.69) is 10.2 Å². The minimum atomic E-state index is 0.353. The van der Waals surface area contributed by atoms with E-state index >= 15 is 0 Å². The highest BCUT2D eigenvalue weighted by Crippen LogP contribution is 2.40. The summed E-state index contributed by atoms with van der Waals surface area (Å²) in [5, 5.41) is 9.38. The maximum absolute atomic E-state index is 5.56. The van der Waals surface area contributed by atoms with E-state index < -0.39 is 0 Å². The van der Waals surface area contributed by atoms with Crippen molar-refractivity contribution in [3.8, 4) is 28.7 Å². The van der Waals surface area contributed by atoms with E-state index in [1.54, 1.807) is 40.5 Å². The number of nitrogens with zero attached hydrogens (tertiary/aromatic N) is 3. The van der Waals surface area contributed by atoms with Crippen molar-refractivity contribution in [2.75, 3.05) is 28.4 Å². The molecule has 1 aromatic heterocycles. The van der Waals surface area contributed by atoms with Crippen LogP contribution in [0.25, 0.3) is 11.5 Å². The molecule has 0 aliphatic heterocycles.